The van der Waals surface area contributed by atoms with Gasteiger partial charge in [-0.2, -0.15) is 0 Å². The maximum absolute atomic E-state index is 13.4. The molecule has 0 fully saturated rings. The maximum atomic E-state index is 13.4. The number of aromatic nitrogens is 2. The number of pyridine rings is 2. The maximum Gasteiger partial charge on any atom is 0.280 e. The number of aromatic hydroxyl groups is 1. The van der Waals surface area contributed by atoms with E-state index < -0.39 is 23.6 Å². The third kappa shape index (κ3) is 3.18. The quantitative estimate of drug-likeness (QED) is 0.671. The summed E-state index contributed by atoms with van der Waals surface area (Å²) in [5, 5.41) is 10.5. The summed E-state index contributed by atoms with van der Waals surface area (Å²) in [5.41, 5.74) is 6.12. The zero-order valence-electron chi connectivity index (χ0n) is 16.8. The van der Waals surface area contributed by atoms with Crippen LogP contribution in [0.25, 0.3) is 11.1 Å². The first-order valence-corrected chi connectivity index (χ1v) is 9.39. The molecule has 3 aromatic rings. The second-order valence-electron chi connectivity index (χ2n) is 7.18. The number of rotatable bonds is 4. The molecule has 1 atom stereocenters. The lowest BCUT2D eigenvalue weighted by Crippen LogP contribution is -2.41. The highest BCUT2D eigenvalue weighted by Crippen LogP contribution is 2.43. The molecule has 0 saturated carbocycles. The Hall–Kier alpha value is -3.88. The van der Waals surface area contributed by atoms with Crippen LogP contribution in [0.1, 0.15) is 28.9 Å². The van der Waals surface area contributed by atoms with Gasteiger partial charge in [0.1, 0.15) is 11.4 Å². The normalized spacial score (nSPS) is 18.5. The number of benzene rings is 1. The summed E-state index contributed by atoms with van der Waals surface area (Å²) >= 11 is 0. The van der Waals surface area contributed by atoms with Gasteiger partial charge in [0, 0.05) is 36.3 Å². The third-order valence-corrected chi connectivity index (χ3v) is 5.37. The van der Waals surface area contributed by atoms with Crippen LogP contribution in [-0.4, -0.2) is 38.9 Å². The molecule has 1 unspecified atom stereocenters. The molecule has 1 aromatic carbocycles. The molecule has 31 heavy (non-hydrogen) atoms. The van der Waals surface area contributed by atoms with Gasteiger partial charge in [0.2, 0.25) is 0 Å². The first-order valence-electron chi connectivity index (χ1n) is 9.39. The van der Waals surface area contributed by atoms with Crippen LogP contribution in [0.5, 0.6) is 5.75 Å². The van der Waals surface area contributed by atoms with Crippen molar-refractivity contribution >= 4 is 11.9 Å². The lowest BCUT2D eigenvalue weighted by Gasteiger charge is -2.27. The Balaban J connectivity index is 1.99. The molecule has 1 aliphatic heterocycles. The lowest BCUT2D eigenvalue weighted by atomic mass is 9.81. The minimum absolute atomic E-state index is 0.0197. The third-order valence-electron chi connectivity index (χ3n) is 5.37. The average Bonchev–Trinajstić information content (AvgIpc) is 2.99. The number of alkyl halides is 2. The van der Waals surface area contributed by atoms with Crippen molar-refractivity contribution in [3.05, 3.63) is 77.4 Å². The number of phenols is 1. The summed E-state index contributed by atoms with van der Waals surface area (Å²) in [7, 11) is 1.46. The summed E-state index contributed by atoms with van der Waals surface area (Å²) in [6.07, 6.45) is 0.0217. The molecule has 2 aromatic heterocycles. The average molecular weight is 423 g/mol. The second-order valence-corrected chi connectivity index (χ2v) is 7.18. The SMILES string of the molecule is Cc1ncccc1-c1cc(C2(c3ccnc(C(F)F)c3)N=C(N)N(C)C2=O)ccc1O. The highest BCUT2D eigenvalue weighted by Gasteiger charge is 2.50. The molecule has 0 aliphatic carbocycles. The predicted molar refractivity (Wildman–Crippen MR) is 110 cm³/mol. The molecule has 3 N–H and O–H groups in total. The Bertz CT molecular complexity index is 1210. The fourth-order valence-electron chi connectivity index (χ4n) is 3.72. The van der Waals surface area contributed by atoms with Gasteiger partial charge in [-0.1, -0.05) is 12.1 Å². The second kappa shape index (κ2) is 7.42. The minimum atomic E-state index is -2.82. The lowest BCUT2D eigenvalue weighted by molar-refractivity contribution is -0.129. The topological polar surface area (TPSA) is 105 Å². The van der Waals surface area contributed by atoms with Crippen molar-refractivity contribution in [1.82, 2.24) is 14.9 Å². The zero-order chi connectivity index (χ0) is 22.3. The van der Waals surface area contributed by atoms with Gasteiger partial charge in [-0.05, 0) is 48.4 Å². The van der Waals surface area contributed by atoms with Crippen LogP contribution in [0.4, 0.5) is 8.78 Å². The van der Waals surface area contributed by atoms with Gasteiger partial charge in [0.05, 0.1) is 0 Å². The molecule has 1 amide bonds. The molecule has 3 heterocycles. The van der Waals surface area contributed by atoms with E-state index >= 15 is 0 Å². The first kappa shape index (κ1) is 20.4. The van der Waals surface area contributed by atoms with E-state index in [1.54, 1.807) is 31.3 Å². The fourth-order valence-corrected chi connectivity index (χ4v) is 3.72. The van der Waals surface area contributed by atoms with Crippen molar-refractivity contribution in [1.29, 1.82) is 0 Å². The smallest absolute Gasteiger partial charge is 0.280 e. The highest BCUT2D eigenvalue weighted by atomic mass is 19.3. The number of guanidine groups is 1. The number of carbonyl (C=O) groups excluding carboxylic acids is 1. The number of likely N-dealkylation sites (N-methyl/N-ethyl adjacent to an activating group) is 1. The van der Waals surface area contributed by atoms with E-state index in [4.69, 9.17) is 5.73 Å². The van der Waals surface area contributed by atoms with E-state index in [1.807, 2.05) is 0 Å². The first-order chi connectivity index (χ1) is 14.8. The van der Waals surface area contributed by atoms with Gasteiger partial charge in [0.25, 0.3) is 12.3 Å². The number of aryl methyl sites for hydroxylation is 1. The number of halogens is 2. The van der Waals surface area contributed by atoms with E-state index in [-0.39, 0.29) is 17.3 Å². The molecular weight excluding hydrogens is 404 g/mol. The van der Waals surface area contributed by atoms with Gasteiger partial charge in [-0.25, -0.2) is 13.8 Å². The zero-order valence-corrected chi connectivity index (χ0v) is 16.8. The summed E-state index contributed by atoms with van der Waals surface area (Å²) in [4.78, 5) is 26.9. The van der Waals surface area contributed by atoms with Crippen molar-refractivity contribution in [3.8, 4) is 16.9 Å². The Labute approximate surface area is 176 Å². The van der Waals surface area contributed by atoms with Gasteiger partial charge < -0.3 is 10.8 Å². The molecular formula is C22H19F2N5O2. The van der Waals surface area contributed by atoms with Crippen LogP contribution in [0, 0.1) is 6.92 Å². The number of carbonyl (C=O) groups is 1. The molecule has 1 aliphatic rings. The van der Waals surface area contributed by atoms with Gasteiger partial charge >= 0.3 is 0 Å². The van der Waals surface area contributed by atoms with Crippen molar-refractivity contribution in [3.63, 3.8) is 0 Å². The van der Waals surface area contributed by atoms with E-state index in [0.29, 0.717) is 22.4 Å². The summed E-state index contributed by atoms with van der Waals surface area (Å²) < 4.78 is 26.7. The van der Waals surface area contributed by atoms with E-state index in [2.05, 4.69) is 15.0 Å². The van der Waals surface area contributed by atoms with Crippen LogP contribution in [0.3, 0.4) is 0 Å². The Morgan fingerprint density at radius 1 is 1.06 bits per heavy atom. The molecule has 158 valence electrons. The molecule has 0 radical (unpaired) electrons. The highest BCUT2D eigenvalue weighted by molar-refractivity contribution is 6.09. The Morgan fingerprint density at radius 2 is 1.81 bits per heavy atom. The molecule has 0 saturated heterocycles. The summed E-state index contributed by atoms with van der Waals surface area (Å²) in [5.74, 6) is -0.572. The Morgan fingerprint density at radius 3 is 2.45 bits per heavy atom. The molecule has 9 heteroatoms. The van der Waals surface area contributed by atoms with E-state index in [1.165, 1.54) is 36.3 Å². The number of phenolic OH excluding ortho intramolecular Hbond substituents is 1. The van der Waals surface area contributed by atoms with E-state index in [9.17, 15) is 18.7 Å². The molecule has 0 spiro atoms. The number of nitrogens with zero attached hydrogens (tertiary/aromatic N) is 4. The van der Waals surface area contributed by atoms with Crippen LogP contribution >= 0.6 is 0 Å². The molecule has 7 nitrogen and oxygen atoms in total. The van der Waals surface area contributed by atoms with Crippen LogP contribution in [0.15, 0.2) is 59.9 Å². The van der Waals surface area contributed by atoms with Crippen LogP contribution in [-0.2, 0) is 10.3 Å². The van der Waals surface area contributed by atoms with Gasteiger partial charge in [0.15, 0.2) is 11.5 Å². The number of hydrogen-bond donors (Lipinski definition) is 2. The number of aliphatic imine (C=N–C) groups is 1. The predicted octanol–water partition coefficient (Wildman–Crippen LogP) is 3.13. The number of nitrogens with two attached hydrogens (primary N) is 1. The van der Waals surface area contributed by atoms with Crippen molar-refractivity contribution in [2.75, 3.05) is 7.05 Å². The minimum Gasteiger partial charge on any atom is -0.507 e. The summed E-state index contributed by atoms with van der Waals surface area (Å²) in [6, 6.07) is 10.7. The largest absolute Gasteiger partial charge is 0.507 e. The molecule has 4 rings (SSSR count). The Kier molecular flexibility index (Phi) is 4.88. The van der Waals surface area contributed by atoms with Crippen molar-refractivity contribution < 1.29 is 18.7 Å². The van der Waals surface area contributed by atoms with Crippen molar-refractivity contribution in [2.24, 2.45) is 10.7 Å². The standard InChI is InChI=1S/C22H19F2N5O2/c1-12-15(4-3-8-26-12)16-10-13(5-6-18(16)30)22(20(31)29(2)21(25)28-22)14-7-9-27-17(11-14)19(23)24/h3-11,19,30H,1-2H3,(H2,25,28). The number of hydrogen-bond acceptors (Lipinski definition) is 6. The van der Waals surface area contributed by atoms with Gasteiger partial charge in [-0.3, -0.25) is 19.7 Å². The van der Waals surface area contributed by atoms with Crippen LogP contribution < -0.4 is 5.73 Å². The monoisotopic (exact) mass is 423 g/mol. The summed E-state index contributed by atoms with van der Waals surface area (Å²) in [6.45, 7) is 1.79. The number of amides is 1. The fraction of sp³-hybridized carbons (Fsp3) is 0.182. The molecule has 0 bridgehead atoms. The van der Waals surface area contributed by atoms with Gasteiger partial charge in [-0.15, -0.1) is 0 Å². The van der Waals surface area contributed by atoms with E-state index in [0.717, 1.165) is 6.07 Å². The van der Waals surface area contributed by atoms with Crippen LogP contribution in [0.2, 0.25) is 0 Å². The van der Waals surface area contributed by atoms with Crippen molar-refractivity contribution in [2.45, 2.75) is 18.9 Å².